The minimum absolute atomic E-state index is 0.0101. The van der Waals surface area contributed by atoms with E-state index >= 15 is 0 Å². The summed E-state index contributed by atoms with van der Waals surface area (Å²) in [6, 6.07) is 4.04. The number of non-ortho nitro benzene ring substituents is 1. The van der Waals surface area contributed by atoms with E-state index < -0.39 is 4.92 Å². The van der Waals surface area contributed by atoms with E-state index in [1.165, 1.54) is 24.6 Å². The Kier molecular flexibility index (Phi) is 4.37. The standard InChI is InChI=1S/C13H15ClN2O3/c14-11-7-6-10(16(18)19)8-12(11)15-13(17)9-4-2-1-3-5-9/h6-9H,1-5H2,(H,15,17). The fourth-order valence-electron chi connectivity index (χ4n) is 2.32. The Morgan fingerprint density at radius 3 is 2.63 bits per heavy atom. The van der Waals surface area contributed by atoms with Gasteiger partial charge >= 0.3 is 0 Å². The molecule has 0 saturated heterocycles. The first-order chi connectivity index (χ1) is 9.08. The molecular formula is C13H15ClN2O3. The summed E-state index contributed by atoms with van der Waals surface area (Å²) in [5.41, 5.74) is 0.231. The first kappa shape index (κ1) is 13.8. The molecule has 1 amide bonds. The minimum atomic E-state index is -0.507. The van der Waals surface area contributed by atoms with Crippen molar-refractivity contribution in [3.63, 3.8) is 0 Å². The van der Waals surface area contributed by atoms with Gasteiger partial charge in [0.1, 0.15) is 0 Å². The Morgan fingerprint density at radius 1 is 1.32 bits per heavy atom. The zero-order chi connectivity index (χ0) is 13.8. The van der Waals surface area contributed by atoms with Gasteiger partial charge in [0.25, 0.3) is 5.69 Å². The number of hydrogen-bond donors (Lipinski definition) is 1. The molecule has 102 valence electrons. The van der Waals surface area contributed by atoms with Crippen LogP contribution < -0.4 is 5.32 Å². The number of hydrogen-bond acceptors (Lipinski definition) is 3. The van der Waals surface area contributed by atoms with Crippen molar-refractivity contribution in [1.82, 2.24) is 0 Å². The van der Waals surface area contributed by atoms with Crippen LogP contribution in [0.1, 0.15) is 32.1 Å². The Hall–Kier alpha value is -1.62. The number of nitrogens with zero attached hydrogens (tertiary/aromatic N) is 1. The lowest BCUT2D eigenvalue weighted by atomic mass is 9.88. The van der Waals surface area contributed by atoms with Gasteiger partial charge in [-0.15, -0.1) is 0 Å². The van der Waals surface area contributed by atoms with E-state index in [9.17, 15) is 14.9 Å². The third-order valence-corrected chi connectivity index (χ3v) is 3.72. The van der Waals surface area contributed by atoms with Gasteiger partial charge < -0.3 is 5.32 Å². The predicted molar refractivity (Wildman–Crippen MR) is 73.3 cm³/mol. The van der Waals surface area contributed by atoms with Crippen LogP contribution in [0.4, 0.5) is 11.4 Å². The lowest BCUT2D eigenvalue weighted by molar-refractivity contribution is -0.384. The lowest BCUT2D eigenvalue weighted by Gasteiger charge is -2.20. The zero-order valence-electron chi connectivity index (χ0n) is 10.4. The SMILES string of the molecule is O=C(Nc1cc([N+](=O)[O-])ccc1Cl)C1CCCCC1. The second-order valence-corrected chi connectivity index (χ2v) is 5.15. The van der Waals surface area contributed by atoms with Gasteiger partial charge in [-0.1, -0.05) is 30.9 Å². The van der Waals surface area contributed by atoms with Crippen LogP contribution in [0, 0.1) is 16.0 Å². The van der Waals surface area contributed by atoms with E-state index in [0.29, 0.717) is 10.7 Å². The summed E-state index contributed by atoms with van der Waals surface area (Å²) in [5, 5.41) is 13.7. The van der Waals surface area contributed by atoms with Gasteiger partial charge in [-0.25, -0.2) is 0 Å². The Morgan fingerprint density at radius 2 is 2.00 bits per heavy atom. The molecule has 1 aromatic rings. The molecule has 1 saturated carbocycles. The maximum atomic E-state index is 12.1. The number of carbonyl (C=O) groups is 1. The molecule has 0 atom stereocenters. The van der Waals surface area contributed by atoms with E-state index in [1.807, 2.05) is 0 Å². The van der Waals surface area contributed by atoms with E-state index in [2.05, 4.69) is 5.32 Å². The number of nitrogens with one attached hydrogen (secondary N) is 1. The quantitative estimate of drug-likeness (QED) is 0.677. The molecule has 0 unspecified atom stereocenters. The molecule has 0 heterocycles. The lowest BCUT2D eigenvalue weighted by Crippen LogP contribution is -2.24. The zero-order valence-corrected chi connectivity index (χ0v) is 11.2. The van der Waals surface area contributed by atoms with Crippen LogP contribution in [-0.4, -0.2) is 10.8 Å². The highest BCUT2D eigenvalue weighted by Crippen LogP contribution is 2.29. The maximum Gasteiger partial charge on any atom is 0.271 e. The molecule has 0 spiro atoms. The van der Waals surface area contributed by atoms with E-state index in [0.717, 1.165) is 25.7 Å². The topological polar surface area (TPSA) is 72.2 Å². The second kappa shape index (κ2) is 6.02. The molecule has 0 radical (unpaired) electrons. The van der Waals surface area contributed by atoms with Gasteiger partial charge in [0, 0.05) is 18.1 Å². The highest BCUT2D eigenvalue weighted by Gasteiger charge is 2.22. The molecule has 19 heavy (non-hydrogen) atoms. The average Bonchev–Trinajstić information content (AvgIpc) is 2.42. The van der Waals surface area contributed by atoms with Gasteiger partial charge in [0.05, 0.1) is 15.6 Å². The molecule has 1 fully saturated rings. The fourth-order valence-corrected chi connectivity index (χ4v) is 2.49. The first-order valence-corrected chi connectivity index (χ1v) is 6.70. The van der Waals surface area contributed by atoms with Crippen molar-refractivity contribution in [2.75, 3.05) is 5.32 Å². The molecule has 5 nitrogen and oxygen atoms in total. The van der Waals surface area contributed by atoms with Crippen molar-refractivity contribution in [1.29, 1.82) is 0 Å². The van der Waals surface area contributed by atoms with Crippen molar-refractivity contribution in [3.8, 4) is 0 Å². The molecule has 1 N–H and O–H groups in total. The van der Waals surface area contributed by atoms with Crippen LogP contribution in [0.2, 0.25) is 5.02 Å². The molecule has 6 heteroatoms. The van der Waals surface area contributed by atoms with E-state index in [1.54, 1.807) is 0 Å². The van der Waals surface area contributed by atoms with Gasteiger partial charge in [0.15, 0.2) is 0 Å². The molecular weight excluding hydrogens is 268 g/mol. The molecule has 1 aliphatic carbocycles. The first-order valence-electron chi connectivity index (χ1n) is 6.33. The van der Waals surface area contributed by atoms with Crippen molar-refractivity contribution in [3.05, 3.63) is 33.3 Å². The third kappa shape index (κ3) is 3.44. The Balaban J connectivity index is 2.11. The largest absolute Gasteiger partial charge is 0.324 e. The van der Waals surface area contributed by atoms with Gasteiger partial charge in [-0.05, 0) is 18.9 Å². The molecule has 1 aliphatic rings. The second-order valence-electron chi connectivity index (χ2n) is 4.75. The van der Waals surface area contributed by atoms with Crippen molar-refractivity contribution in [2.45, 2.75) is 32.1 Å². The fraction of sp³-hybridized carbons (Fsp3) is 0.462. The Labute approximate surface area is 116 Å². The number of nitro benzene ring substituents is 1. The van der Waals surface area contributed by atoms with Crippen molar-refractivity contribution < 1.29 is 9.72 Å². The molecule has 0 aliphatic heterocycles. The van der Waals surface area contributed by atoms with E-state index in [-0.39, 0.29) is 17.5 Å². The maximum absolute atomic E-state index is 12.1. The monoisotopic (exact) mass is 282 g/mol. The number of carbonyl (C=O) groups excluding carboxylic acids is 1. The Bertz CT molecular complexity index is 499. The average molecular weight is 283 g/mol. The number of benzene rings is 1. The summed E-state index contributed by atoms with van der Waals surface area (Å²) >= 11 is 5.95. The van der Waals surface area contributed by atoms with Crippen LogP contribution in [0.5, 0.6) is 0 Å². The van der Waals surface area contributed by atoms with E-state index in [4.69, 9.17) is 11.6 Å². The van der Waals surface area contributed by atoms with Crippen LogP contribution in [0.3, 0.4) is 0 Å². The number of anilines is 1. The number of halogens is 1. The highest BCUT2D eigenvalue weighted by atomic mass is 35.5. The molecule has 0 aromatic heterocycles. The minimum Gasteiger partial charge on any atom is -0.324 e. The number of amides is 1. The van der Waals surface area contributed by atoms with Crippen LogP contribution >= 0.6 is 11.6 Å². The molecule has 1 aromatic carbocycles. The van der Waals surface area contributed by atoms with Gasteiger partial charge in [-0.3, -0.25) is 14.9 Å². The van der Waals surface area contributed by atoms with Crippen molar-refractivity contribution >= 4 is 28.9 Å². The summed E-state index contributed by atoms with van der Waals surface area (Å²) in [4.78, 5) is 22.3. The van der Waals surface area contributed by atoms with Crippen LogP contribution in [-0.2, 0) is 4.79 Å². The summed E-state index contributed by atoms with van der Waals surface area (Å²) in [6.07, 6.45) is 5.03. The predicted octanol–water partition coefficient (Wildman–Crippen LogP) is 3.77. The summed E-state index contributed by atoms with van der Waals surface area (Å²) in [6.45, 7) is 0. The third-order valence-electron chi connectivity index (χ3n) is 3.39. The van der Waals surface area contributed by atoms with Gasteiger partial charge in [-0.2, -0.15) is 0 Å². The van der Waals surface area contributed by atoms with Crippen LogP contribution in [0.15, 0.2) is 18.2 Å². The summed E-state index contributed by atoms with van der Waals surface area (Å²) < 4.78 is 0. The summed E-state index contributed by atoms with van der Waals surface area (Å²) in [5.74, 6) is -0.105. The number of rotatable bonds is 3. The van der Waals surface area contributed by atoms with Crippen molar-refractivity contribution in [2.24, 2.45) is 5.92 Å². The van der Waals surface area contributed by atoms with Gasteiger partial charge in [0.2, 0.25) is 5.91 Å². The molecule has 2 rings (SSSR count). The number of nitro groups is 1. The normalized spacial score (nSPS) is 16.1. The smallest absolute Gasteiger partial charge is 0.271 e. The highest BCUT2D eigenvalue weighted by molar-refractivity contribution is 6.33. The van der Waals surface area contributed by atoms with Crippen LogP contribution in [0.25, 0.3) is 0 Å². The summed E-state index contributed by atoms with van der Waals surface area (Å²) in [7, 11) is 0. The molecule has 0 bridgehead atoms.